The number of piperidine rings is 1. The van der Waals surface area contributed by atoms with E-state index < -0.39 is 18.1 Å². The Bertz CT molecular complexity index is 555. The highest BCUT2D eigenvalue weighted by molar-refractivity contribution is 5.82. The van der Waals surface area contributed by atoms with Crippen LogP contribution in [0, 0.1) is 22.0 Å². The van der Waals surface area contributed by atoms with E-state index in [1.807, 2.05) is 30.3 Å². The molecule has 1 aliphatic heterocycles. The summed E-state index contributed by atoms with van der Waals surface area (Å²) in [7, 11) is 0. The van der Waals surface area contributed by atoms with E-state index in [0.29, 0.717) is 19.5 Å². The Kier molecular flexibility index (Phi) is 4.11. The van der Waals surface area contributed by atoms with Crippen LogP contribution < -0.4 is 0 Å². The molecule has 1 heterocycles. The van der Waals surface area contributed by atoms with Crippen LogP contribution in [0.5, 0.6) is 0 Å². The van der Waals surface area contributed by atoms with Gasteiger partial charge in [0.2, 0.25) is 11.9 Å². The zero-order valence-electron chi connectivity index (χ0n) is 12.3. The van der Waals surface area contributed by atoms with E-state index in [-0.39, 0.29) is 16.7 Å². The van der Waals surface area contributed by atoms with Crippen molar-refractivity contribution >= 4 is 5.91 Å². The van der Waals surface area contributed by atoms with Crippen LogP contribution >= 0.6 is 0 Å². The first kappa shape index (κ1) is 15.0. The summed E-state index contributed by atoms with van der Waals surface area (Å²) in [6, 6.07) is 8.87. The summed E-state index contributed by atoms with van der Waals surface area (Å²) in [4.78, 5) is 24.2. The lowest BCUT2D eigenvalue weighted by molar-refractivity contribution is -0.497. The molecular formula is C16H20N2O4. The molecule has 0 bridgehead atoms. The van der Waals surface area contributed by atoms with E-state index in [0.717, 1.165) is 18.4 Å². The van der Waals surface area contributed by atoms with Gasteiger partial charge in [-0.25, -0.2) is 0 Å². The second kappa shape index (κ2) is 6.04. The van der Waals surface area contributed by atoms with Gasteiger partial charge >= 0.3 is 0 Å². The Hall–Kier alpha value is -1.95. The van der Waals surface area contributed by atoms with Crippen molar-refractivity contribution in [2.45, 2.75) is 31.4 Å². The van der Waals surface area contributed by atoms with Crippen molar-refractivity contribution < 1.29 is 14.8 Å². The number of likely N-dealkylation sites (tertiary alicyclic amines) is 1. The third-order valence-corrected chi connectivity index (χ3v) is 4.78. The van der Waals surface area contributed by atoms with Gasteiger partial charge in [-0.1, -0.05) is 30.3 Å². The maximum atomic E-state index is 12.2. The normalized spacial score (nSPS) is 26.5. The average molecular weight is 304 g/mol. The molecule has 3 atom stereocenters. The molecular weight excluding hydrogens is 284 g/mol. The third kappa shape index (κ3) is 2.97. The van der Waals surface area contributed by atoms with Crippen molar-refractivity contribution in [2.24, 2.45) is 11.8 Å². The van der Waals surface area contributed by atoms with Gasteiger partial charge in [0.1, 0.15) is 5.92 Å². The summed E-state index contributed by atoms with van der Waals surface area (Å²) in [6.07, 6.45) is 1.33. The number of carbonyl (C=O) groups is 1. The highest BCUT2D eigenvalue weighted by Crippen LogP contribution is 2.37. The van der Waals surface area contributed by atoms with Gasteiger partial charge < -0.3 is 10.0 Å². The lowest BCUT2D eigenvalue weighted by atomic mass is 9.87. The van der Waals surface area contributed by atoms with Crippen LogP contribution in [0.25, 0.3) is 0 Å². The van der Waals surface area contributed by atoms with Crippen molar-refractivity contribution in [3.05, 3.63) is 46.0 Å². The Morgan fingerprint density at radius 2 is 1.91 bits per heavy atom. The molecule has 118 valence electrons. The first-order valence-corrected chi connectivity index (χ1v) is 7.73. The highest BCUT2D eigenvalue weighted by Gasteiger charge is 2.54. The van der Waals surface area contributed by atoms with Crippen LogP contribution in [0.4, 0.5) is 0 Å². The molecule has 0 radical (unpaired) electrons. The molecule has 1 N–H and O–H groups in total. The smallest absolute Gasteiger partial charge is 0.232 e. The molecule has 6 nitrogen and oxygen atoms in total. The number of carbonyl (C=O) groups excluding carboxylic acids is 1. The Morgan fingerprint density at radius 3 is 2.45 bits per heavy atom. The maximum absolute atomic E-state index is 12.2. The third-order valence-electron chi connectivity index (χ3n) is 4.78. The molecule has 22 heavy (non-hydrogen) atoms. The number of aliphatic hydroxyl groups excluding tert-OH is 1. The maximum Gasteiger partial charge on any atom is 0.232 e. The summed E-state index contributed by atoms with van der Waals surface area (Å²) in [6.45, 7) is 1.16. The predicted octanol–water partition coefficient (Wildman–Crippen LogP) is 1.62. The van der Waals surface area contributed by atoms with Gasteiger partial charge in [0.05, 0.1) is 6.10 Å². The van der Waals surface area contributed by atoms with Crippen molar-refractivity contribution in [3.63, 3.8) is 0 Å². The Balaban J connectivity index is 1.52. The molecule has 2 fully saturated rings. The van der Waals surface area contributed by atoms with E-state index in [1.54, 1.807) is 4.90 Å². The molecule has 2 aliphatic rings. The van der Waals surface area contributed by atoms with E-state index in [2.05, 4.69) is 0 Å². The molecule has 0 unspecified atom stereocenters. The van der Waals surface area contributed by atoms with Crippen molar-refractivity contribution in [1.82, 2.24) is 4.90 Å². The zero-order chi connectivity index (χ0) is 15.7. The number of hydrogen-bond donors (Lipinski definition) is 1. The quantitative estimate of drug-likeness (QED) is 0.677. The summed E-state index contributed by atoms with van der Waals surface area (Å²) in [5.41, 5.74) is 0.905. The van der Waals surface area contributed by atoms with Gasteiger partial charge in [0.25, 0.3) is 0 Å². The van der Waals surface area contributed by atoms with E-state index in [4.69, 9.17) is 0 Å². The molecule has 6 heteroatoms. The first-order valence-electron chi connectivity index (χ1n) is 7.73. The monoisotopic (exact) mass is 304 g/mol. The molecule has 1 aromatic rings. The summed E-state index contributed by atoms with van der Waals surface area (Å²) in [5, 5.41) is 21.1. The molecule has 1 saturated heterocycles. The van der Waals surface area contributed by atoms with Crippen LogP contribution in [-0.2, 0) is 4.79 Å². The molecule has 1 amide bonds. The number of amides is 1. The fourth-order valence-electron chi connectivity index (χ4n) is 3.27. The fourth-order valence-corrected chi connectivity index (χ4v) is 3.27. The minimum absolute atomic E-state index is 0.0886. The SMILES string of the molecule is O=C([C@@H]1C[C@@H]1[N+](=O)[O-])N1CCC([C@@H](O)c2ccccc2)CC1. The molecule has 3 rings (SSSR count). The van der Waals surface area contributed by atoms with E-state index in [9.17, 15) is 20.0 Å². The number of nitro groups is 1. The number of nitrogens with zero attached hydrogens (tertiary/aromatic N) is 2. The second-order valence-corrected chi connectivity index (χ2v) is 6.21. The minimum Gasteiger partial charge on any atom is -0.388 e. The minimum atomic E-state index is -0.680. The van der Waals surface area contributed by atoms with Gasteiger partial charge in [-0.3, -0.25) is 14.9 Å². The van der Waals surface area contributed by atoms with Crippen LogP contribution in [0.1, 0.15) is 30.9 Å². The van der Waals surface area contributed by atoms with Crippen LogP contribution in [0.15, 0.2) is 30.3 Å². The fraction of sp³-hybridized carbons (Fsp3) is 0.562. The molecule has 0 aromatic heterocycles. The van der Waals surface area contributed by atoms with Gasteiger partial charge in [0, 0.05) is 24.4 Å². The van der Waals surface area contributed by atoms with Gasteiger partial charge in [-0.2, -0.15) is 0 Å². The lowest BCUT2D eigenvalue weighted by Crippen LogP contribution is -2.41. The van der Waals surface area contributed by atoms with Gasteiger partial charge in [-0.05, 0) is 24.3 Å². The predicted molar refractivity (Wildman–Crippen MR) is 79.6 cm³/mol. The largest absolute Gasteiger partial charge is 0.388 e. The number of aliphatic hydroxyl groups is 1. The molecule has 1 aliphatic carbocycles. The number of benzene rings is 1. The van der Waals surface area contributed by atoms with Crippen LogP contribution in [0.2, 0.25) is 0 Å². The topological polar surface area (TPSA) is 83.7 Å². The summed E-state index contributed by atoms with van der Waals surface area (Å²) in [5.74, 6) is -0.378. The second-order valence-electron chi connectivity index (χ2n) is 6.21. The zero-order valence-corrected chi connectivity index (χ0v) is 12.3. The van der Waals surface area contributed by atoms with Crippen LogP contribution in [0.3, 0.4) is 0 Å². The summed E-state index contributed by atoms with van der Waals surface area (Å²) < 4.78 is 0. The lowest BCUT2D eigenvalue weighted by Gasteiger charge is -2.34. The van der Waals surface area contributed by atoms with Gasteiger partial charge in [-0.15, -0.1) is 0 Å². The van der Waals surface area contributed by atoms with Crippen molar-refractivity contribution in [3.8, 4) is 0 Å². The standard InChI is InChI=1S/C16H20N2O4/c19-15(11-4-2-1-3-5-11)12-6-8-17(9-7-12)16(20)13-10-14(13)18(21)22/h1-5,12-15,19H,6-10H2/t13-,14+,15+/m1/s1. The Morgan fingerprint density at radius 1 is 1.27 bits per heavy atom. The van der Waals surface area contributed by atoms with Crippen molar-refractivity contribution in [2.75, 3.05) is 13.1 Å². The van der Waals surface area contributed by atoms with E-state index >= 15 is 0 Å². The molecule has 1 aromatic carbocycles. The Labute approximate surface area is 128 Å². The summed E-state index contributed by atoms with van der Waals surface area (Å²) >= 11 is 0. The highest BCUT2D eigenvalue weighted by atomic mass is 16.6. The number of hydrogen-bond acceptors (Lipinski definition) is 4. The average Bonchev–Trinajstić information content (AvgIpc) is 3.35. The van der Waals surface area contributed by atoms with Gasteiger partial charge in [0.15, 0.2) is 0 Å². The molecule has 0 spiro atoms. The molecule has 1 saturated carbocycles. The van der Waals surface area contributed by atoms with Crippen LogP contribution in [-0.4, -0.2) is 40.0 Å². The van der Waals surface area contributed by atoms with E-state index in [1.165, 1.54) is 0 Å². The van der Waals surface area contributed by atoms with Crippen molar-refractivity contribution in [1.29, 1.82) is 0 Å². The first-order chi connectivity index (χ1) is 10.6. The number of rotatable bonds is 4.